The fraction of sp³-hybridized carbons (Fsp3) is 0.400. The molecule has 10 heteroatoms. The third kappa shape index (κ3) is 5.48. The van der Waals surface area contributed by atoms with Crippen molar-refractivity contribution in [2.75, 3.05) is 50.0 Å². The van der Waals surface area contributed by atoms with Crippen LogP contribution in [-0.4, -0.2) is 56.6 Å². The number of anilines is 2. The molecule has 0 bridgehead atoms. The maximum absolute atomic E-state index is 15.3. The second-order valence-electron chi connectivity index (χ2n) is 8.96. The van der Waals surface area contributed by atoms with Crippen LogP contribution in [0.15, 0.2) is 36.4 Å². The van der Waals surface area contributed by atoms with Gasteiger partial charge in [-0.25, -0.2) is 8.78 Å². The molecule has 1 saturated heterocycles. The molecule has 0 radical (unpaired) electrons. The Kier molecular flexibility index (Phi) is 7.14. The number of nitrogens with zero attached hydrogens (tertiary/aromatic N) is 2. The van der Waals surface area contributed by atoms with E-state index in [0.29, 0.717) is 49.9 Å². The molecule has 2 aliphatic rings. The Balaban J connectivity index is 1.76. The van der Waals surface area contributed by atoms with Crippen molar-refractivity contribution in [2.24, 2.45) is 0 Å². The lowest BCUT2D eigenvalue weighted by Gasteiger charge is -2.39. The third-order valence-electron chi connectivity index (χ3n) is 6.54. The van der Waals surface area contributed by atoms with E-state index in [1.165, 1.54) is 12.1 Å². The predicted molar refractivity (Wildman–Crippen MR) is 126 cm³/mol. The number of rotatable bonds is 4. The molecule has 2 N–H and O–H groups in total. The lowest BCUT2D eigenvalue weighted by atomic mass is 9.99. The minimum atomic E-state index is -4.92. The topological polar surface area (TPSA) is 47.6 Å². The molecule has 2 aromatic rings. The minimum absolute atomic E-state index is 0.147. The summed E-state index contributed by atoms with van der Waals surface area (Å²) in [7, 11) is 1.98. The Bertz CT molecular complexity index is 1150. The molecule has 0 unspecified atom stereocenters. The number of halogens is 5. The van der Waals surface area contributed by atoms with Gasteiger partial charge in [-0.2, -0.15) is 13.2 Å². The number of carbonyl (C=O) groups excluding carboxylic acids is 1. The zero-order chi connectivity index (χ0) is 25.3. The van der Waals surface area contributed by atoms with Crippen molar-refractivity contribution in [1.29, 1.82) is 0 Å². The van der Waals surface area contributed by atoms with Crippen LogP contribution < -0.4 is 15.5 Å². The van der Waals surface area contributed by atoms with Crippen molar-refractivity contribution >= 4 is 22.9 Å². The number of hydrogen-bond donors (Lipinski definition) is 2. The highest BCUT2D eigenvalue weighted by Gasteiger charge is 2.36. The van der Waals surface area contributed by atoms with Gasteiger partial charge in [0, 0.05) is 37.8 Å². The molecule has 188 valence electrons. The Morgan fingerprint density at radius 2 is 1.91 bits per heavy atom. The summed E-state index contributed by atoms with van der Waals surface area (Å²) < 4.78 is 69.4. The number of hydrogen-bond acceptors (Lipinski definition) is 4. The summed E-state index contributed by atoms with van der Waals surface area (Å²) in [5.41, 5.74) is -0.507. The standard InChI is InChI=1S/C25H27F5N4O/c1-15-14-34(9-8-33(15)2)23-12-21(27)19(16-4-3-7-31-13-16)11-22(23)32-24(35)18-6-5-17(26)10-20(18)25(28,29)30/h4-6,10-12,15,31H,3,7-9,13-14H2,1-2H3,(H,32,35)/t15-/m0/s1. The van der Waals surface area contributed by atoms with E-state index < -0.39 is 34.8 Å². The average molecular weight is 495 g/mol. The third-order valence-corrected chi connectivity index (χ3v) is 6.54. The van der Waals surface area contributed by atoms with Crippen molar-refractivity contribution in [2.45, 2.75) is 25.6 Å². The van der Waals surface area contributed by atoms with Gasteiger partial charge in [-0.3, -0.25) is 4.79 Å². The fourth-order valence-corrected chi connectivity index (χ4v) is 4.43. The highest BCUT2D eigenvalue weighted by molar-refractivity contribution is 6.07. The maximum Gasteiger partial charge on any atom is 0.417 e. The zero-order valence-electron chi connectivity index (χ0n) is 19.5. The summed E-state index contributed by atoms with van der Waals surface area (Å²) in [6.07, 6.45) is -2.31. The van der Waals surface area contributed by atoms with Gasteiger partial charge in [-0.05, 0) is 62.8 Å². The summed E-state index contributed by atoms with van der Waals surface area (Å²) in [5.74, 6) is -2.62. The lowest BCUT2D eigenvalue weighted by molar-refractivity contribution is -0.138. The van der Waals surface area contributed by atoms with Gasteiger partial charge in [-0.1, -0.05) is 6.08 Å². The summed E-state index contributed by atoms with van der Waals surface area (Å²) in [6, 6.07) is 4.86. The average Bonchev–Trinajstić information content (AvgIpc) is 2.81. The van der Waals surface area contributed by atoms with E-state index >= 15 is 4.39 Å². The van der Waals surface area contributed by atoms with Crippen molar-refractivity contribution in [3.8, 4) is 0 Å². The first-order chi connectivity index (χ1) is 16.5. The molecular weight excluding hydrogens is 467 g/mol. The minimum Gasteiger partial charge on any atom is -0.367 e. The van der Waals surface area contributed by atoms with Gasteiger partial charge in [0.1, 0.15) is 11.6 Å². The molecule has 0 aliphatic carbocycles. The van der Waals surface area contributed by atoms with Crippen LogP contribution in [-0.2, 0) is 6.18 Å². The largest absolute Gasteiger partial charge is 0.417 e. The monoisotopic (exact) mass is 494 g/mol. The van der Waals surface area contributed by atoms with E-state index in [0.717, 1.165) is 18.7 Å². The molecule has 1 fully saturated rings. The number of benzene rings is 2. The normalized spacial score (nSPS) is 19.5. The van der Waals surface area contributed by atoms with Crippen molar-refractivity contribution < 1.29 is 26.7 Å². The zero-order valence-corrected chi connectivity index (χ0v) is 19.5. The van der Waals surface area contributed by atoms with Crippen LogP contribution >= 0.6 is 0 Å². The highest BCUT2D eigenvalue weighted by atomic mass is 19.4. The molecule has 0 aromatic heterocycles. The van der Waals surface area contributed by atoms with Gasteiger partial charge < -0.3 is 20.4 Å². The van der Waals surface area contributed by atoms with Gasteiger partial charge in [0.05, 0.1) is 22.5 Å². The maximum atomic E-state index is 15.3. The number of likely N-dealkylation sites (N-methyl/N-ethyl adjacent to an activating group) is 1. The van der Waals surface area contributed by atoms with Crippen molar-refractivity contribution in [1.82, 2.24) is 10.2 Å². The number of alkyl halides is 3. The van der Waals surface area contributed by atoms with Crippen molar-refractivity contribution in [3.63, 3.8) is 0 Å². The first-order valence-corrected chi connectivity index (χ1v) is 11.4. The number of nitrogens with one attached hydrogen (secondary N) is 2. The van der Waals surface area contributed by atoms with Crippen LogP contribution in [0.25, 0.3) is 5.57 Å². The quantitative estimate of drug-likeness (QED) is 0.603. The van der Waals surface area contributed by atoms with E-state index in [9.17, 15) is 22.4 Å². The van der Waals surface area contributed by atoms with E-state index in [-0.39, 0.29) is 17.3 Å². The Morgan fingerprint density at radius 1 is 1.14 bits per heavy atom. The predicted octanol–water partition coefficient (Wildman–Crippen LogP) is 4.75. The lowest BCUT2D eigenvalue weighted by Crippen LogP contribution is -2.50. The van der Waals surface area contributed by atoms with Gasteiger partial charge in [0.2, 0.25) is 0 Å². The number of carbonyl (C=O) groups is 1. The second-order valence-corrected chi connectivity index (χ2v) is 8.96. The van der Waals surface area contributed by atoms with E-state index in [2.05, 4.69) is 15.5 Å². The molecule has 1 amide bonds. The summed E-state index contributed by atoms with van der Waals surface area (Å²) in [6.45, 7) is 5.01. The van der Waals surface area contributed by atoms with E-state index in [1.54, 1.807) is 0 Å². The molecule has 1 atom stereocenters. The van der Waals surface area contributed by atoms with Gasteiger partial charge in [0.15, 0.2) is 0 Å². The molecule has 35 heavy (non-hydrogen) atoms. The molecule has 4 rings (SSSR count). The summed E-state index contributed by atoms with van der Waals surface area (Å²) >= 11 is 0. The molecular formula is C25H27F5N4O. The fourth-order valence-electron chi connectivity index (χ4n) is 4.43. The molecule has 5 nitrogen and oxygen atoms in total. The summed E-state index contributed by atoms with van der Waals surface area (Å²) in [4.78, 5) is 17.1. The Morgan fingerprint density at radius 3 is 2.57 bits per heavy atom. The first kappa shape index (κ1) is 25.1. The Hall–Kier alpha value is -2.98. The van der Waals surface area contributed by atoms with Crippen LogP contribution in [0.4, 0.5) is 33.3 Å². The first-order valence-electron chi connectivity index (χ1n) is 11.4. The van der Waals surface area contributed by atoms with Crippen LogP contribution in [0.3, 0.4) is 0 Å². The molecule has 2 heterocycles. The van der Waals surface area contributed by atoms with Crippen LogP contribution in [0.1, 0.15) is 34.8 Å². The summed E-state index contributed by atoms with van der Waals surface area (Å²) in [5, 5.41) is 5.72. The number of piperazine rings is 1. The Labute approximate surface area is 200 Å². The number of amides is 1. The van der Waals surface area contributed by atoms with Crippen LogP contribution in [0.5, 0.6) is 0 Å². The van der Waals surface area contributed by atoms with Crippen LogP contribution in [0.2, 0.25) is 0 Å². The van der Waals surface area contributed by atoms with Gasteiger partial charge in [-0.15, -0.1) is 0 Å². The van der Waals surface area contributed by atoms with E-state index in [4.69, 9.17) is 0 Å². The second kappa shape index (κ2) is 9.94. The van der Waals surface area contributed by atoms with Gasteiger partial charge in [0.25, 0.3) is 5.91 Å². The van der Waals surface area contributed by atoms with Gasteiger partial charge >= 0.3 is 6.18 Å². The molecule has 2 aliphatic heterocycles. The molecule has 0 spiro atoms. The highest BCUT2D eigenvalue weighted by Crippen LogP contribution is 2.36. The SMILES string of the molecule is C[C@H]1CN(c2cc(F)c(C3=CCCNC3)cc2NC(=O)c2ccc(F)cc2C(F)(F)F)CCN1C. The van der Waals surface area contributed by atoms with Crippen molar-refractivity contribution in [3.05, 3.63) is 64.7 Å². The van der Waals surface area contributed by atoms with E-state index in [1.807, 2.05) is 24.9 Å². The smallest absolute Gasteiger partial charge is 0.367 e. The molecule has 0 saturated carbocycles. The molecule has 2 aromatic carbocycles. The van der Waals surface area contributed by atoms with Crippen LogP contribution in [0, 0.1) is 11.6 Å².